The molecule has 0 aliphatic carbocycles. The summed E-state index contributed by atoms with van der Waals surface area (Å²) < 4.78 is 5.00. The number of aryl methyl sites for hydroxylation is 1. The first kappa shape index (κ1) is 28.6. The van der Waals surface area contributed by atoms with E-state index in [1.165, 1.54) is 54.9 Å². The Morgan fingerprint density at radius 2 is 1.21 bits per heavy atom. The van der Waals surface area contributed by atoms with Gasteiger partial charge in [0.2, 0.25) is 0 Å². The molecule has 6 aromatic carbocycles. The second kappa shape index (κ2) is 11.9. The maximum atomic E-state index is 5.19. The van der Waals surface area contributed by atoms with Gasteiger partial charge in [0.1, 0.15) is 0 Å². The van der Waals surface area contributed by atoms with Gasteiger partial charge in [-0.05, 0) is 48.7 Å². The molecule has 9 aromatic rings. The molecule has 0 atom stereocenters. The van der Waals surface area contributed by atoms with E-state index in [1.54, 1.807) is 0 Å². The molecular formula is C43H32N4S. The first-order chi connectivity index (χ1) is 23.8. The summed E-state index contributed by atoms with van der Waals surface area (Å²) in [6.45, 7) is 2.23. The van der Waals surface area contributed by atoms with Crippen LogP contribution in [0.4, 0.5) is 0 Å². The van der Waals surface area contributed by atoms with Gasteiger partial charge in [0, 0.05) is 47.6 Å². The van der Waals surface area contributed by atoms with E-state index in [0.29, 0.717) is 17.5 Å². The summed E-state index contributed by atoms with van der Waals surface area (Å²) in [7, 11) is 0. The summed E-state index contributed by atoms with van der Waals surface area (Å²) >= 11 is 1.85. The zero-order valence-corrected chi connectivity index (χ0v) is 27.4. The number of fused-ring (bicyclic) bond motifs is 7. The van der Waals surface area contributed by atoms with Crippen molar-refractivity contribution in [3.63, 3.8) is 0 Å². The molecule has 0 N–H and O–H groups in total. The van der Waals surface area contributed by atoms with Gasteiger partial charge >= 0.3 is 0 Å². The number of unbranched alkanes of at least 4 members (excludes halogenated alkanes) is 1. The Bertz CT molecular complexity index is 2600. The van der Waals surface area contributed by atoms with Gasteiger partial charge in [0.05, 0.1) is 16.7 Å². The minimum Gasteiger partial charge on any atom is -0.308 e. The van der Waals surface area contributed by atoms with Crippen molar-refractivity contribution in [2.75, 3.05) is 0 Å². The monoisotopic (exact) mass is 636 g/mol. The fraction of sp³-hybridized carbons (Fsp3) is 0.0930. The molecule has 48 heavy (non-hydrogen) atoms. The quantitative estimate of drug-likeness (QED) is 0.175. The minimum atomic E-state index is 0.651. The first-order valence-electron chi connectivity index (χ1n) is 16.6. The highest BCUT2D eigenvalue weighted by molar-refractivity contribution is 7.26. The second-order valence-corrected chi connectivity index (χ2v) is 13.4. The molecule has 0 bridgehead atoms. The molecule has 0 aliphatic rings. The van der Waals surface area contributed by atoms with Crippen LogP contribution in [-0.2, 0) is 6.42 Å². The predicted octanol–water partition coefficient (Wildman–Crippen LogP) is 11.7. The smallest absolute Gasteiger partial charge is 0.166 e. The number of hydrogen-bond donors (Lipinski definition) is 0. The lowest BCUT2D eigenvalue weighted by Crippen LogP contribution is -2.03. The average molecular weight is 637 g/mol. The van der Waals surface area contributed by atoms with Gasteiger partial charge in [0.15, 0.2) is 17.5 Å². The third kappa shape index (κ3) is 4.78. The van der Waals surface area contributed by atoms with Crippen LogP contribution in [0.3, 0.4) is 0 Å². The van der Waals surface area contributed by atoms with Crippen LogP contribution in [0.2, 0.25) is 0 Å². The van der Waals surface area contributed by atoms with E-state index in [-0.39, 0.29) is 0 Å². The van der Waals surface area contributed by atoms with Gasteiger partial charge in [-0.15, -0.1) is 11.3 Å². The van der Waals surface area contributed by atoms with Crippen LogP contribution in [-0.4, -0.2) is 19.5 Å². The van der Waals surface area contributed by atoms with E-state index in [9.17, 15) is 0 Å². The maximum absolute atomic E-state index is 5.19. The van der Waals surface area contributed by atoms with Gasteiger partial charge in [0.25, 0.3) is 0 Å². The van der Waals surface area contributed by atoms with Crippen molar-refractivity contribution in [1.29, 1.82) is 0 Å². The molecule has 0 unspecified atom stereocenters. The van der Waals surface area contributed by atoms with Crippen LogP contribution >= 0.6 is 11.3 Å². The van der Waals surface area contributed by atoms with Crippen molar-refractivity contribution in [3.05, 3.63) is 145 Å². The Morgan fingerprint density at radius 1 is 0.542 bits per heavy atom. The third-order valence-corrected chi connectivity index (χ3v) is 10.4. The SMILES string of the molecule is CCCCc1ccc(-c2nc(-c3ccccc3)nc(-c3ccccc3-n3c4ccccc4c4ccc5sc6ccccc6c5c43)n2)cc1. The topological polar surface area (TPSA) is 43.6 Å². The summed E-state index contributed by atoms with van der Waals surface area (Å²) in [6.07, 6.45) is 3.44. The van der Waals surface area contributed by atoms with Crippen LogP contribution in [0.15, 0.2) is 140 Å². The Labute approximate surface area is 283 Å². The standard InChI is InChI=1S/C43H32N4S/c1-2-3-13-28-22-24-30(25-23-28)42-44-41(29-14-5-4-6-15-29)45-43(46-42)33-17-8-11-20-36(33)47-35-19-10-7-16-31(35)32-26-27-38-39(40(32)47)34-18-9-12-21-37(34)48-38/h4-12,14-27H,2-3,13H2,1H3. The number of nitrogens with zero attached hydrogens (tertiary/aromatic N) is 4. The predicted molar refractivity (Wildman–Crippen MR) is 202 cm³/mol. The highest BCUT2D eigenvalue weighted by Crippen LogP contribution is 2.44. The van der Waals surface area contributed by atoms with Crippen LogP contribution in [0.25, 0.3) is 81.8 Å². The summed E-state index contributed by atoms with van der Waals surface area (Å²) in [6, 6.07) is 49.5. The summed E-state index contributed by atoms with van der Waals surface area (Å²) in [5.74, 6) is 1.98. The highest BCUT2D eigenvalue weighted by Gasteiger charge is 2.21. The van der Waals surface area contributed by atoms with E-state index < -0.39 is 0 Å². The highest BCUT2D eigenvalue weighted by atomic mass is 32.1. The lowest BCUT2D eigenvalue weighted by molar-refractivity contribution is 0.795. The number of aromatic nitrogens is 4. The normalized spacial score (nSPS) is 11.7. The van der Waals surface area contributed by atoms with Crippen LogP contribution < -0.4 is 0 Å². The van der Waals surface area contributed by atoms with Gasteiger partial charge in [-0.2, -0.15) is 0 Å². The van der Waals surface area contributed by atoms with Gasteiger partial charge in [-0.25, -0.2) is 15.0 Å². The van der Waals surface area contributed by atoms with Crippen molar-refractivity contribution in [2.24, 2.45) is 0 Å². The van der Waals surface area contributed by atoms with Crippen molar-refractivity contribution < 1.29 is 0 Å². The van der Waals surface area contributed by atoms with E-state index >= 15 is 0 Å². The summed E-state index contributed by atoms with van der Waals surface area (Å²) in [5, 5.41) is 5.02. The van der Waals surface area contributed by atoms with Crippen LogP contribution in [0, 0.1) is 0 Å². The number of hydrogen-bond acceptors (Lipinski definition) is 4. The van der Waals surface area contributed by atoms with E-state index in [2.05, 4.69) is 133 Å². The molecule has 0 aliphatic heterocycles. The van der Waals surface area contributed by atoms with Gasteiger partial charge < -0.3 is 4.57 Å². The van der Waals surface area contributed by atoms with Crippen molar-refractivity contribution in [1.82, 2.24) is 19.5 Å². The molecule has 0 saturated carbocycles. The minimum absolute atomic E-state index is 0.651. The lowest BCUT2D eigenvalue weighted by atomic mass is 10.1. The summed E-state index contributed by atoms with van der Waals surface area (Å²) in [4.78, 5) is 15.4. The molecule has 0 spiro atoms. The van der Waals surface area contributed by atoms with Crippen LogP contribution in [0.5, 0.6) is 0 Å². The molecule has 0 fully saturated rings. The maximum Gasteiger partial charge on any atom is 0.166 e. The molecule has 3 heterocycles. The first-order valence-corrected chi connectivity index (χ1v) is 17.4. The Morgan fingerprint density at radius 3 is 2.02 bits per heavy atom. The average Bonchev–Trinajstić information content (AvgIpc) is 3.70. The fourth-order valence-electron chi connectivity index (χ4n) is 6.92. The molecule has 0 saturated heterocycles. The molecule has 3 aromatic heterocycles. The van der Waals surface area contributed by atoms with Gasteiger partial charge in [-0.3, -0.25) is 0 Å². The van der Waals surface area contributed by atoms with E-state index in [0.717, 1.165) is 34.3 Å². The molecule has 4 nitrogen and oxygen atoms in total. The van der Waals surface area contributed by atoms with Gasteiger partial charge in [-0.1, -0.05) is 123 Å². The Hall–Kier alpha value is -5.65. The fourth-order valence-corrected chi connectivity index (χ4v) is 8.02. The third-order valence-electron chi connectivity index (χ3n) is 9.26. The summed E-state index contributed by atoms with van der Waals surface area (Å²) in [5.41, 5.74) is 7.64. The molecule has 230 valence electrons. The van der Waals surface area contributed by atoms with Crippen molar-refractivity contribution in [3.8, 4) is 39.9 Å². The zero-order chi connectivity index (χ0) is 32.0. The van der Waals surface area contributed by atoms with E-state index in [1.807, 2.05) is 29.5 Å². The number of thiophene rings is 1. The van der Waals surface area contributed by atoms with Crippen LogP contribution in [0.1, 0.15) is 25.3 Å². The number of rotatable bonds is 7. The molecule has 9 rings (SSSR count). The zero-order valence-electron chi connectivity index (χ0n) is 26.6. The van der Waals surface area contributed by atoms with Crippen molar-refractivity contribution >= 4 is 53.3 Å². The molecule has 5 heteroatoms. The lowest BCUT2D eigenvalue weighted by Gasteiger charge is -2.15. The number of para-hydroxylation sites is 2. The Kier molecular flexibility index (Phi) is 7.06. The molecular weight excluding hydrogens is 605 g/mol. The Balaban J connectivity index is 1.32. The van der Waals surface area contributed by atoms with Crippen molar-refractivity contribution in [2.45, 2.75) is 26.2 Å². The second-order valence-electron chi connectivity index (χ2n) is 12.3. The number of benzene rings is 6. The molecule has 0 amide bonds. The largest absolute Gasteiger partial charge is 0.308 e. The van der Waals surface area contributed by atoms with E-state index in [4.69, 9.17) is 15.0 Å². The molecule has 0 radical (unpaired) electrons.